The molecule has 4 N–H and O–H groups in total. The van der Waals surface area contributed by atoms with Crippen LogP contribution < -0.4 is 16.6 Å². The van der Waals surface area contributed by atoms with E-state index in [0.29, 0.717) is 22.9 Å². The zero-order valence-electron chi connectivity index (χ0n) is 14.0. The fourth-order valence-electron chi connectivity index (χ4n) is 4.59. The molecule has 0 aliphatic heterocycles. The number of amides is 1. The van der Waals surface area contributed by atoms with Crippen molar-refractivity contribution in [1.29, 1.82) is 0 Å². The summed E-state index contributed by atoms with van der Waals surface area (Å²) >= 11 is 0. The molecule has 1 amide bonds. The Morgan fingerprint density at radius 3 is 2.56 bits per heavy atom. The largest absolute Gasteiger partial charge is 0.347 e. The monoisotopic (exact) mass is 361 g/mol. The zero-order chi connectivity index (χ0) is 16.7. The van der Waals surface area contributed by atoms with Gasteiger partial charge < -0.3 is 16.0 Å². The number of carbonyl (C=O) groups is 1. The van der Waals surface area contributed by atoms with Crippen molar-refractivity contribution in [1.82, 2.24) is 10.3 Å². The van der Waals surface area contributed by atoms with Gasteiger partial charge in [0.05, 0.1) is 0 Å². The SMILES string of the molecule is Cl.NC1CC2CCCC(C1)C2NC(=O)c1cc2ccccc2c(=O)[nH]1. The predicted octanol–water partition coefficient (Wildman–Crippen LogP) is 2.59. The van der Waals surface area contributed by atoms with E-state index < -0.39 is 0 Å². The van der Waals surface area contributed by atoms with Crippen LogP contribution in [0.15, 0.2) is 35.1 Å². The summed E-state index contributed by atoms with van der Waals surface area (Å²) in [7, 11) is 0. The van der Waals surface area contributed by atoms with E-state index in [1.54, 1.807) is 12.1 Å². The van der Waals surface area contributed by atoms with Crippen molar-refractivity contribution in [3.63, 3.8) is 0 Å². The number of aromatic nitrogens is 1. The van der Waals surface area contributed by atoms with Gasteiger partial charge >= 0.3 is 0 Å². The summed E-state index contributed by atoms with van der Waals surface area (Å²) in [5, 5.41) is 4.58. The number of halogens is 1. The van der Waals surface area contributed by atoms with Crippen LogP contribution in [0.5, 0.6) is 0 Å². The van der Waals surface area contributed by atoms with Crippen molar-refractivity contribution >= 4 is 29.1 Å². The zero-order valence-corrected chi connectivity index (χ0v) is 14.9. The van der Waals surface area contributed by atoms with Gasteiger partial charge in [-0.15, -0.1) is 12.4 Å². The van der Waals surface area contributed by atoms with Gasteiger partial charge in [0.2, 0.25) is 0 Å². The molecule has 6 heteroatoms. The molecule has 5 nitrogen and oxygen atoms in total. The van der Waals surface area contributed by atoms with E-state index in [4.69, 9.17) is 5.73 Å². The van der Waals surface area contributed by atoms with Crippen LogP contribution >= 0.6 is 12.4 Å². The summed E-state index contributed by atoms with van der Waals surface area (Å²) in [6.45, 7) is 0. The Balaban J connectivity index is 0.00000182. The van der Waals surface area contributed by atoms with Gasteiger partial charge in [-0.2, -0.15) is 0 Å². The van der Waals surface area contributed by atoms with Crippen molar-refractivity contribution < 1.29 is 4.79 Å². The van der Waals surface area contributed by atoms with Crippen LogP contribution in [0, 0.1) is 11.8 Å². The molecule has 2 aliphatic rings. The fourth-order valence-corrected chi connectivity index (χ4v) is 4.59. The molecule has 0 radical (unpaired) electrons. The van der Waals surface area contributed by atoms with Crippen LogP contribution in [0.2, 0.25) is 0 Å². The summed E-state index contributed by atoms with van der Waals surface area (Å²) in [5.41, 5.74) is 6.27. The highest BCUT2D eigenvalue weighted by Gasteiger charge is 2.40. The second-order valence-electron chi connectivity index (χ2n) is 7.28. The Morgan fingerprint density at radius 1 is 1.16 bits per heavy atom. The molecule has 2 aliphatic carbocycles. The Hall–Kier alpha value is -1.85. The van der Waals surface area contributed by atoms with E-state index in [2.05, 4.69) is 10.3 Å². The van der Waals surface area contributed by atoms with Gasteiger partial charge in [0.15, 0.2) is 0 Å². The molecule has 2 unspecified atom stereocenters. The second-order valence-corrected chi connectivity index (χ2v) is 7.28. The summed E-state index contributed by atoms with van der Waals surface area (Å²) in [6.07, 6.45) is 5.44. The fraction of sp³-hybridized carbons (Fsp3) is 0.474. The number of pyridine rings is 1. The van der Waals surface area contributed by atoms with Crippen LogP contribution in [0.3, 0.4) is 0 Å². The van der Waals surface area contributed by atoms with Crippen molar-refractivity contribution in [2.75, 3.05) is 0 Å². The van der Waals surface area contributed by atoms with Gasteiger partial charge in [-0.1, -0.05) is 24.6 Å². The van der Waals surface area contributed by atoms with Crippen LogP contribution in [-0.4, -0.2) is 23.0 Å². The molecule has 0 spiro atoms. The van der Waals surface area contributed by atoms with E-state index in [1.165, 1.54) is 6.42 Å². The normalized spacial score (nSPS) is 28.2. The lowest BCUT2D eigenvalue weighted by atomic mass is 9.67. The first kappa shape index (κ1) is 18.0. The van der Waals surface area contributed by atoms with Crippen LogP contribution in [0.4, 0.5) is 0 Å². The van der Waals surface area contributed by atoms with E-state index in [9.17, 15) is 9.59 Å². The minimum absolute atomic E-state index is 0. The van der Waals surface area contributed by atoms with Gasteiger partial charge in [0, 0.05) is 17.5 Å². The summed E-state index contributed by atoms with van der Waals surface area (Å²) in [6, 6.07) is 9.52. The maximum absolute atomic E-state index is 12.7. The standard InChI is InChI=1S/C19H23N3O2.ClH/c20-14-8-12-5-3-6-13(9-14)17(12)22-19(24)16-10-11-4-1-2-7-15(11)18(23)21-16;/h1-2,4,7,10,12-14,17H,3,5-6,8-9,20H2,(H,21,23)(H,22,24);1H. The average Bonchev–Trinajstić information content (AvgIpc) is 2.55. The summed E-state index contributed by atoms with van der Waals surface area (Å²) < 4.78 is 0. The van der Waals surface area contributed by atoms with E-state index in [0.717, 1.165) is 31.1 Å². The Labute approximate surface area is 152 Å². The molecule has 2 bridgehead atoms. The number of hydrogen-bond acceptors (Lipinski definition) is 3. The molecule has 134 valence electrons. The van der Waals surface area contributed by atoms with Gasteiger partial charge in [0.25, 0.3) is 11.5 Å². The molecular weight excluding hydrogens is 338 g/mol. The number of rotatable bonds is 2. The van der Waals surface area contributed by atoms with Crippen molar-refractivity contribution in [2.45, 2.75) is 44.2 Å². The molecule has 2 atom stereocenters. The number of carbonyl (C=O) groups excluding carboxylic acids is 1. The minimum Gasteiger partial charge on any atom is -0.347 e. The van der Waals surface area contributed by atoms with Crippen LogP contribution in [0.25, 0.3) is 10.8 Å². The highest BCUT2D eigenvalue weighted by Crippen LogP contribution is 2.39. The first-order valence-electron chi connectivity index (χ1n) is 8.80. The Bertz CT molecular complexity index is 821. The quantitative estimate of drug-likeness (QED) is 0.768. The molecule has 2 aromatic rings. The number of H-pyrrole nitrogens is 1. The number of nitrogens with two attached hydrogens (primary N) is 1. The molecule has 2 saturated carbocycles. The van der Waals surface area contributed by atoms with Crippen LogP contribution in [0.1, 0.15) is 42.6 Å². The summed E-state index contributed by atoms with van der Waals surface area (Å²) in [5.74, 6) is 0.738. The van der Waals surface area contributed by atoms with Crippen molar-refractivity contribution in [2.24, 2.45) is 17.6 Å². The molecule has 1 aromatic heterocycles. The van der Waals surface area contributed by atoms with Gasteiger partial charge in [-0.3, -0.25) is 9.59 Å². The third kappa shape index (κ3) is 3.44. The van der Waals surface area contributed by atoms with Crippen LogP contribution in [-0.2, 0) is 0 Å². The average molecular weight is 362 g/mol. The third-order valence-electron chi connectivity index (χ3n) is 5.67. The number of aromatic amines is 1. The lowest BCUT2D eigenvalue weighted by molar-refractivity contribution is 0.0751. The minimum atomic E-state index is -0.218. The van der Waals surface area contributed by atoms with E-state index in [1.807, 2.05) is 18.2 Å². The lowest BCUT2D eigenvalue weighted by Gasteiger charge is -2.45. The number of hydrogen-bond donors (Lipinski definition) is 3. The Morgan fingerprint density at radius 2 is 1.84 bits per heavy atom. The molecule has 1 heterocycles. The number of benzene rings is 1. The molecule has 1 aromatic carbocycles. The molecular formula is C19H24ClN3O2. The molecule has 2 fully saturated rings. The highest BCUT2D eigenvalue weighted by molar-refractivity contribution is 5.96. The van der Waals surface area contributed by atoms with Crippen molar-refractivity contribution in [3.8, 4) is 0 Å². The highest BCUT2D eigenvalue weighted by atomic mass is 35.5. The Kier molecular flexibility index (Phi) is 5.16. The predicted molar refractivity (Wildman–Crippen MR) is 101 cm³/mol. The lowest BCUT2D eigenvalue weighted by Crippen LogP contribution is -2.53. The molecule has 4 rings (SSSR count). The maximum Gasteiger partial charge on any atom is 0.268 e. The number of fused-ring (bicyclic) bond motifs is 3. The molecule has 0 saturated heterocycles. The molecule has 25 heavy (non-hydrogen) atoms. The van der Waals surface area contributed by atoms with E-state index >= 15 is 0 Å². The smallest absolute Gasteiger partial charge is 0.268 e. The van der Waals surface area contributed by atoms with E-state index in [-0.39, 0.29) is 36.0 Å². The van der Waals surface area contributed by atoms with Gasteiger partial charge in [-0.25, -0.2) is 0 Å². The van der Waals surface area contributed by atoms with Gasteiger partial charge in [-0.05, 0) is 55.0 Å². The third-order valence-corrected chi connectivity index (χ3v) is 5.67. The maximum atomic E-state index is 12.7. The first-order valence-corrected chi connectivity index (χ1v) is 8.80. The van der Waals surface area contributed by atoms with Gasteiger partial charge in [0.1, 0.15) is 5.69 Å². The summed E-state index contributed by atoms with van der Waals surface area (Å²) in [4.78, 5) is 27.6. The first-order chi connectivity index (χ1) is 11.6. The second kappa shape index (κ2) is 7.18. The number of nitrogens with one attached hydrogen (secondary N) is 2. The van der Waals surface area contributed by atoms with Crippen molar-refractivity contribution in [3.05, 3.63) is 46.4 Å². The topological polar surface area (TPSA) is 88.0 Å².